The molecule has 0 saturated carbocycles. The summed E-state index contributed by atoms with van der Waals surface area (Å²) in [6.45, 7) is 6.03. The first kappa shape index (κ1) is 19.7. The highest BCUT2D eigenvalue weighted by atomic mass is 35.5. The van der Waals surface area contributed by atoms with E-state index in [-0.39, 0.29) is 18.4 Å². The number of rotatable bonds is 8. The number of morpholine rings is 1. The third-order valence-electron chi connectivity index (χ3n) is 4.45. The minimum absolute atomic E-state index is 0.0383. The lowest BCUT2D eigenvalue weighted by molar-refractivity contribution is -0.126. The lowest BCUT2D eigenvalue weighted by Crippen LogP contribution is -2.47. The van der Waals surface area contributed by atoms with Crippen LogP contribution in [0, 0.1) is 0 Å². The van der Waals surface area contributed by atoms with Crippen LogP contribution < -0.4 is 11.1 Å². The molecular weight excluding hydrogens is 342 g/mol. The van der Waals surface area contributed by atoms with Gasteiger partial charge >= 0.3 is 0 Å². The SMILES string of the molecule is CCC(CN1CCOCC1)NC(=O)CC(C(N)=O)c1ccc(Cl)cc1. The number of hydrogen-bond donors (Lipinski definition) is 2. The molecule has 1 heterocycles. The van der Waals surface area contributed by atoms with Crippen molar-refractivity contribution in [3.8, 4) is 0 Å². The van der Waals surface area contributed by atoms with Gasteiger partial charge in [0.25, 0.3) is 0 Å². The summed E-state index contributed by atoms with van der Waals surface area (Å²) in [5, 5.41) is 3.60. The van der Waals surface area contributed by atoms with E-state index >= 15 is 0 Å². The fourth-order valence-corrected chi connectivity index (χ4v) is 3.05. The molecule has 1 fully saturated rings. The molecule has 138 valence electrons. The molecule has 1 saturated heterocycles. The Balaban J connectivity index is 1.92. The van der Waals surface area contributed by atoms with E-state index in [0.717, 1.165) is 39.3 Å². The summed E-state index contributed by atoms with van der Waals surface area (Å²) >= 11 is 5.87. The average molecular weight is 368 g/mol. The number of carbonyl (C=O) groups is 2. The topological polar surface area (TPSA) is 84.7 Å². The van der Waals surface area contributed by atoms with E-state index in [4.69, 9.17) is 22.1 Å². The molecule has 2 atom stereocenters. The monoisotopic (exact) mass is 367 g/mol. The molecule has 2 amide bonds. The van der Waals surface area contributed by atoms with Crippen molar-refractivity contribution in [3.05, 3.63) is 34.9 Å². The van der Waals surface area contributed by atoms with Crippen molar-refractivity contribution in [2.45, 2.75) is 31.7 Å². The molecule has 25 heavy (non-hydrogen) atoms. The van der Waals surface area contributed by atoms with E-state index < -0.39 is 11.8 Å². The largest absolute Gasteiger partial charge is 0.379 e. The quantitative estimate of drug-likeness (QED) is 0.729. The Labute approximate surface area is 153 Å². The van der Waals surface area contributed by atoms with Crippen LogP contribution in [0.25, 0.3) is 0 Å². The number of ether oxygens (including phenoxy) is 1. The zero-order valence-corrected chi connectivity index (χ0v) is 15.3. The minimum atomic E-state index is -0.654. The van der Waals surface area contributed by atoms with Gasteiger partial charge in [-0.2, -0.15) is 0 Å². The molecule has 0 spiro atoms. The predicted molar refractivity (Wildman–Crippen MR) is 97.5 cm³/mol. The molecule has 1 aromatic rings. The van der Waals surface area contributed by atoms with E-state index in [1.54, 1.807) is 24.3 Å². The van der Waals surface area contributed by atoms with Crippen LogP contribution in [-0.4, -0.2) is 55.6 Å². The molecule has 0 aliphatic carbocycles. The van der Waals surface area contributed by atoms with Gasteiger partial charge in [-0.05, 0) is 24.1 Å². The minimum Gasteiger partial charge on any atom is -0.379 e. The highest BCUT2D eigenvalue weighted by molar-refractivity contribution is 6.30. The van der Waals surface area contributed by atoms with Crippen LogP contribution in [0.15, 0.2) is 24.3 Å². The first-order valence-electron chi connectivity index (χ1n) is 8.63. The van der Waals surface area contributed by atoms with Gasteiger partial charge < -0.3 is 15.8 Å². The Morgan fingerprint density at radius 2 is 1.92 bits per heavy atom. The van der Waals surface area contributed by atoms with Gasteiger partial charge in [-0.15, -0.1) is 0 Å². The van der Waals surface area contributed by atoms with Crippen molar-refractivity contribution in [1.29, 1.82) is 0 Å². The maximum atomic E-state index is 12.4. The van der Waals surface area contributed by atoms with Crippen LogP contribution in [0.5, 0.6) is 0 Å². The van der Waals surface area contributed by atoms with E-state index in [0.29, 0.717) is 10.6 Å². The van der Waals surface area contributed by atoms with E-state index in [1.807, 2.05) is 6.92 Å². The summed E-state index contributed by atoms with van der Waals surface area (Å²) in [5.74, 6) is -1.34. The van der Waals surface area contributed by atoms with E-state index in [9.17, 15) is 9.59 Å². The Morgan fingerprint density at radius 1 is 1.28 bits per heavy atom. The summed E-state index contributed by atoms with van der Waals surface area (Å²) < 4.78 is 5.34. The maximum absolute atomic E-state index is 12.4. The average Bonchev–Trinajstić information content (AvgIpc) is 2.60. The van der Waals surface area contributed by atoms with Gasteiger partial charge in [0.15, 0.2) is 0 Å². The smallest absolute Gasteiger partial charge is 0.225 e. The fourth-order valence-electron chi connectivity index (χ4n) is 2.92. The number of amides is 2. The van der Waals surface area contributed by atoms with Gasteiger partial charge in [-0.3, -0.25) is 14.5 Å². The predicted octanol–water partition coefficient (Wildman–Crippen LogP) is 1.53. The second-order valence-corrected chi connectivity index (χ2v) is 6.73. The molecule has 0 aromatic heterocycles. The van der Waals surface area contributed by atoms with Crippen LogP contribution in [-0.2, 0) is 14.3 Å². The second kappa shape index (κ2) is 9.75. The van der Waals surface area contributed by atoms with Crippen LogP contribution in [0.4, 0.5) is 0 Å². The van der Waals surface area contributed by atoms with Crippen molar-refractivity contribution in [1.82, 2.24) is 10.2 Å². The van der Waals surface area contributed by atoms with Crippen LogP contribution >= 0.6 is 11.6 Å². The molecule has 2 unspecified atom stereocenters. The third kappa shape index (κ3) is 6.30. The lowest BCUT2D eigenvalue weighted by atomic mass is 9.94. The summed E-state index contributed by atoms with van der Waals surface area (Å²) in [6, 6.07) is 6.90. The normalized spacial score (nSPS) is 17.7. The fraction of sp³-hybridized carbons (Fsp3) is 0.556. The number of carbonyl (C=O) groups excluding carboxylic acids is 2. The Hall–Kier alpha value is -1.63. The number of nitrogens with one attached hydrogen (secondary N) is 1. The van der Waals surface area contributed by atoms with Gasteiger partial charge in [0.2, 0.25) is 11.8 Å². The zero-order chi connectivity index (χ0) is 18.2. The highest BCUT2D eigenvalue weighted by Crippen LogP contribution is 2.21. The molecular formula is C18H26ClN3O3. The van der Waals surface area contributed by atoms with Gasteiger partial charge in [-0.25, -0.2) is 0 Å². The summed E-state index contributed by atoms with van der Waals surface area (Å²) in [5.41, 5.74) is 6.20. The Bertz CT molecular complexity index is 573. The molecule has 7 heteroatoms. The standard InChI is InChI=1S/C18H26ClN3O3/c1-2-15(12-22-7-9-25-10-8-22)21-17(23)11-16(18(20)24)13-3-5-14(19)6-4-13/h3-6,15-16H,2,7-12H2,1H3,(H2,20,24)(H,21,23). The molecule has 1 aliphatic rings. The summed E-state index contributed by atoms with van der Waals surface area (Å²) in [7, 11) is 0. The van der Waals surface area contributed by atoms with Crippen LogP contribution in [0.2, 0.25) is 5.02 Å². The molecule has 2 rings (SSSR count). The Morgan fingerprint density at radius 3 is 2.48 bits per heavy atom. The molecule has 3 N–H and O–H groups in total. The Kier molecular flexibility index (Phi) is 7.68. The number of benzene rings is 1. The lowest BCUT2D eigenvalue weighted by Gasteiger charge is -2.30. The zero-order valence-electron chi connectivity index (χ0n) is 14.5. The molecule has 0 radical (unpaired) electrons. The molecule has 0 bridgehead atoms. The number of halogens is 1. The number of nitrogens with two attached hydrogens (primary N) is 1. The third-order valence-corrected chi connectivity index (χ3v) is 4.70. The van der Waals surface area contributed by atoms with Crippen molar-refractivity contribution in [2.24, 2.45) is 5.73 Å². The first-order chi connectivity index (χ1) is 12.0. The number of nitrogens with zero attached hydrogens (tertiary/aromatic N) is 1. The molecule has 1 aromatic carbocycles. The van der Waals surface area contributed by atoms with Crippen molar-refractivity contribution in [2.75, 3.05) is 32.8 Å². The number of primary amides is 1. The van der Waals surface area contributed by atoms with Crippen molar-refractivity contribution >= 4 is 23.4 Å². The van der Waals surface area contributed by atoms with Crippen LogP contribution in [0.3, 0.4) is 0 Å². The second-order valence-electron chi connectivity index (χ2n) is 6.30. The van der Waals surface area contributed by atoms with Crippen molar-refractivity contribution < 1.29 is 14.3 Å². The summed E-state index contributed by atoms with van der Waals surface area (Å²) in [6.07, 6.45) is 0.863. The highest BCUT2D eigenvalue weighted by Gasteiger charge is 2.23. The summed E-state index contributed by atoms with van der Waals surface area (Å²) in [4.78, 5) is 26.5. The van der Waals surface area contributed by atoms with E-state index in [2.05, 4.69) is 10.2 Å². The van der Waals surface area contributed by atoms with Gasteiger partial charge in [0.05, 0.1) is 19.1 Å². The van der Waals surface area contributed by atoms with Gasteiger partial charge in [0, 0.05) is 37.1 Å². The molecule has 1 aliphatic heterocycles. The van der Waals surface area contributed by atoms with Crippen LogP contribution in [0.1, 0.15) is 31.2 Å². The van der Waals surface area contributed by atoms with Gasteiger partial charge in [-0.1, -0.05) is 30.7 Å². The number of hydrogen-bond acceptors (Lipinski definition) is 4. The molecule has 6 nitrogen and oxygen atoms in total. The van der Waals surface area contributed by atoms with Gasteiger partial charge in [0.1, 0.15) is 0 Å². The maximum Gasteiger partial charge on any atom is 0.225 e. The van der Waals surface area contributed by atoms with E-state index in [1.165, 1.54) is 0 Å². The first-order valence-corrected chi connectivity index (χ1v) is 9.01. The van der Waals surface area contributed by atoms with Crippen molar-refractivity contribution in [3.63, 3.8) is 0 Å².